The number of benzene rings is 2. The van der Waals surface area contributed by atoms with Crippen LogP contribution in [0, 0.1) is 34.8 Å². The first-order chi connectivity index (χ1) is 22.8. The normalized spacial score (nSPS) is 24.8. The van der Waals surface area contributed by atoms with E-state index in [1.165, 1.54) is 12.1 Å². The topological polar surface area (TPSA) is 148 Å². The molecule has 2 heterocycles. The summed E-state index contributed by atoms with van der Waals surface area (Å²) in [5.41, 5.74) is 3.06. The van der Waals surface area contributed by atoms with Crippen molar-refractivity contribution < 1.29 is 47.2 Å². The van der Waals surface area contributed by atoms with Crippen LogP contribution >= 0.6 is 0 Å². The average molecular weight is 675 g/mol. The van der Waals surface area contributed by atoms with Gasteiger partial charge in [0.05, 0.1) is 32.5 Å². The van der Waals surface area contributed by atoms with Gasteiger partial charge in [0.1, 0.15) is 23.8 Å². The highest BCUT2D eigenvalue weighted by molar-refractivity contribution is 5.86. The van der Waals surface area contributed by atoms with Crippen LogP contribution < -0.4 is 16.1 Å². The summed E-state index contributed by atoms with van der Waals surface area (Å²) in [7, 11) is 1.19. The van der Waals surface area contributed by atoms with Crippen LogP contribution in [0.2, 0.25) is 0 Å². The minimum Gasteiger partial charge on any atom is -0.453 e. The van der Waals surface area contributed by atoms with Crippen LogP contribution in [0.3, 0.4) is 0 Å². The van der Waals surface area contributed by atoms with Crippen molar-refractivity contribution in [1.82, 2.24) is 21.1 Å². The third-order valence-corrected chi connectivity index (χ3v) is 9.15. The SMILES string of the molecule is COC(=O)NC(C(=O)NN(Cc1ccccc1)CC(O)C(Cc1cc(F)cc(F)c1)NC(=O)OC1C2COC3OCC1C3C2)C(C)(C)C. The summed E-state index contributed by atoms with van der Waals surface area (Å²) in [6.07, 6.45) is -3.05. The van der Waals surface area contributed by atoms with E-state index < -0.39 is 59.4 Å². The zero-order valence-electron chi connectivity index (χ0n) is 27.5. The Morgan fingerprint density at radius 3 is 2.33 bits per heavy atom. The maximum Gasteiger partial charge on any atom is 0.407 e. The van der Waals surface area contributed by atoms with E-state index in [1.807, 2.05) is 30.3 Å². The van der Waals surface area contributed by atoms with Gasteiger partial charge in [0.25, 0.3) is 5.91 Å². The molecule has 262 valence electrons. The van der Waals surface area contributed by atoms with Crippen molar-refractivity contribution in [3.05, 3.63) is 71.3 Å². The second-order valence-electron chi connectivity index (χ2n) is 13.8. The first-order valence-corrected chi connectivity index (χ1v) is 16.1. The quantitative estimate of drug-likeness (QED) is 0.249. The van der Waals surface area contributed by atoms with Gasteiger partial charge >= 0.3 is 12.2 Å². The first-order valence-electron chi connectivity index (χ1n) is 16.1. The van der Waals surface area contributed by atoms with Crippen molar-refractivity contribution >= 4 is 18.1 Å². The fraction of sp³-hybridized carbons (Fsp3) is 0.559. The van der Waals surface area contributed by atoms with E-state index in [-0.39, 0.29) is 49.1 Å². The summed E-state index contributed by atoms with van der Waals surface area (Å²) < 4.78 is 50.4. The molecule has 0 aromatic heterocycles. The number of alkyl carbamates (subject to hydrolysis) is 2. The second kappa shape index (κ2) is 15.1. The Balaban J connectivity index is 1.35. The standard InChI is InChI=1S/C34H44F2N4O8/c1-34(2,3)29(38-32(43)45-4)30(42)39-40(15-19-8-6-5-7-9-19)16-27(41)26(12-20-10-22(35)14-23(36)11-20)37-33(44)48-28-21-13-24-25(28)18-47-31(24)46-17-21/h5-11,14,21,24-29,31,41H,12-13,15-18H2,1-4H3,(H,37,44)(H,38,43)(H,39,42). The Bertz CT molecular complexity index is 1420. The van der Waals surface area contributed by atoms with E-state index in [1.54, 1.807) is 20.8 Å². The van der Waals surface area contributed by atoms with Gasteiger partial charge in [-0.3, -0.25) is 10.2 Å². The molecule has 48 heavy (non-hydrogen) atoms. The van der Waals surface area contributed by atoms with Crippen LogP contribution in [0.25, 0.3) is 0 Å². The molecule has 0 spiro atoms. The van der Waals surface area contributed by atoms with Gasteiger partial charge in [-0.15, -0.1) is 0 Å². The maximum atomic E-state index is 14.2. The molecule has 4 N–H and O–H groups in total. The summed E-state index contributed by atoms with van der Waals surface area (Å²) >= 11 is 0. The Kier molecular flexibility index (Phi) is 11.2. The van der Waals surface area contributed by atoms with E-state index in [0.717, 1.165) is 30.2 Å². The van der Waals surface area contributed by atoms with Gasteiger partial charge in [0.2, 0.25) is 0 Å². The molecule has 2 aromatic rings. The third kappa shape index (κ3) is 8.78. The van der Waals surface area contributed by atoms with Gasteiger partial charge in [-0.2, -0.15) is 0 Å². The van der Waals surface area contributed by atoms with Crippen LogP contribution in [-0.2, 0) is 36.7 Å². The van der Waals surface area contributed by atoms with Crippen LogP contribution in [0.15, 0.2) is 48.5 Å². The molecule has 2 aliphatic heterocycles. The number of carbonyl (C=O) groups is 3. The molecule has 5 rings (SSSR count). The number of hydrogen-bond acceptors (Lipinski definition) is 9. The molecule has 2 bridgehead atoms. The highest BCUT2D eigenvalue weighted by Crippen LogP contribution is 2.49. The van der Waals surface area contributed by atoms with E-state index >= 15 is 0 Å². The van der Waals surface area contributed by atoms with Gasteiger partial charge in [-0.25, -0.2) is 23.4 Å². The molecule has 8 unspecified atom stereocenters. The van der Waals surface area contributed by atoms with E-state index in [2.05, 4.69) is 16.1 Å². The number of rotatable bonds is 12. The van der Waals surface area contributed by atoms with Gasteiger partial charge in [0, 0.05) is 36.9 Å². The van der Waals surface area contributed by atoms with Crippen molar-refractivity contribution in [2.75, 3.05) is 26.9 Å². The van der Waals surface area contributed by atoms with Crippen LogP contribution in [0.1, 0.15) is 38.3 Å². The molecule has 14 heteroatoms. The third-order valence-electron chi connectivity index (χ3n) is 9.15. The molecule has 1 saturated carbocycles. The van der Waals surface area contributed by atoms with E-state index in [0.29, 0.717) is 13.2 Å². The zero-order valence-corrected chi connectivity index (χ0v) is 27.5. The Morgan fingerprint density at radius 1 is 0.979 bits per heavy atom. The van der Waals surface area contributed by atoms with Crippen molar-refractivity contribution in [3.63, 3.8) is 0 Å². The highest BCUT2D eigenvalue weighted by atomic mass is 19.1. The van der Waals surface area contributed by atoms with Crippen molar-refractivity contribution in [2.24, 2.45) is 23.2 Å². The number of halogens is 2. The number of nitrogens with zero attached hydrogens (tertiary/aromatic N) is 1. The summed E-state index contributed by atoms with van der Waals surface area (Å²) in [5.74, 6) is -2.05. The number of aliphatic hydroxyl groups is 1. The number of aliphatic hydroxyl groups excluding tert-OH is 1. The number of methoxy groups -OCH3 is 1. The predicted octanol–water partition coefficient (Wildman–Crippen LogP) is 3.27. The highest BCUT2D eigenvalue weighted by Gasteiger charge is 2.56. The number of hydrogen-bond donors (Lipinski definition) is 4. The lowest BCUT2D eigenvalue weighted by molar-refractivity contribution is -0.169. The number of fused-ring (bicyclic) bond motifs is 1. The lowest BCUT2D eigenvalue weighted by Gasteiger charge is -2.34. The maximum absolute atomic E-state index is 14.2. The van der Waals surface area contributed by atoms with Gasteiger partial charge in [-0.05, 0) is 41.5 Å². The Labute approximate surface area is 278 Å². The van der Waals surface area contributed by atoms with Gasteiger partial charge in [0.15, 0.2) is 6.29 Å². The summed E-state index contributed by atoms with van der Waals surface area (Å²) in [5, 5.41) is 18.4. The molecular formula is C34H44F2N4O8. The average Bonchev–Trinajstić information content (AvgIpc) is 3.55. The fourth-order valence-corrected chi connectivity index (χ4v) is 6.80. The molecule has 12 nitrogen and oxygen atoms in total. The van der Waals surface area contributed by atoms with Gasteiger partial charge in [-0.1, -0.05) is 51.1 Å². The molecule has 0 radical (unpaired) electrons. The van der Waals surface area contributed by atoms with Crippen molar-refractivity contribution in [1.29, 1.82) is 0 Å². The molecular weight excluding hydrogens is 630 g/mol. The molecule has 3 fully saturated rings. The second-order valence-corrected chi connectivity index (χ2v) is 13.8. The minimum absolute atomic E-state index is 0.0116. The van der Waals surface area contributed by atoms with Crippen LogP contribution in [-0.4, -0.2) is 85.7 Å². The predicted molar refractivity (Wildman–Crippen MR) is 168 cm³/mol. The molecule has 3 aliphatic rings. The Morgan fingerprint density at radius 2 is 1.67 bits per heavy atom. The lowest BCUT2D eigenvalue weighted by Crippen LogP contribution is -2.59. The number of nitrogens with one attached hydrogen (secondary N) is 3. The van der Waals surface area contributed by atoms with E-state index in [4.69, 9.17) is 18.9 Å². The largest absolute Gasteiger partial charge is 0.453 e. The minimum atomic E-state index is -1.38. The zero-order chi connectivity index (χ0) is 34.6. The number of carbonyl (C=O) groups excluding carboxylic acids is 3. The summed E-state index contributed by atoms with van der Waals surface area (Å²) in [4.78, 5) is 39.0. The fourth-order valence-electron chi connectivity index (χ4n) is 6.80. The number of amides is 3. The monoisotopic (exact) mass is 674 g/mol. The molecule has 2 saturated heterocycles. The Hall–Kier alpha value is -3.85. The molecule has 3 amide bonds. The van der Waals surface area contributed by atoms with Crippen LogP contribution in [0.4, 0.5) is 18.4 Å². The smallest absolute Gasteiger partial charge is 0.407 e. The van der Waals surface area contributed by atoms with Crippen LogP contribution in [0.5, 0.6) is 0 Å². The van der Waals surface area contributed by atoms with Gasteiger partial charge < -0.3 is 34.7 Å². The van der Waals surface area contributed by atoms with Crippen molar-refractivity contribution in [2.45, 2.75) is 70.7 Å². The first kappa shape index (κ1) is 35.5. The summed E-state index contributed by atoms with van der Waals surface area (Å²) in [6.45, 7) is 6.04. The van der Waals surface area contributed by atoms with Crippen molar-refractivity contribution in [3.8, 4) is 0 Å². The lowest BCUT2D eigenvalue weighted by atomic mass is 9.86. The summed E-state index contributed by atoms with van der Waals surface area (Å²) in [6, 6.07) is 10.0. The molecule has 2 aromatic carbocycles. The molecule has 8 atom stereocenters. The number of hydrazine groups is 1. The molecule has 1 aliphatic carbocycles. The number of ether oxygens (including phenoxy) is 4. The van der Waals surface area contributed by atoms with E-state index in [9.17, 15) is 28.3 Å².